The highest BCUT2D eigenvalue weighted by Crippen LogP contribution is 2.46. The second kappa shape index (κ2) is 14.3. The van der Waals surface area contributed by atoms with Crippen molar-refractivity contribution in [3.8, 4) is 0 Å². The van der Waals surface area contributed by atoms with Crippen molar-refractivity contribution in [2.75, 3.05) is 6.54 Å². The Bertz CT molecular complexity index is 1730. The maximum Gasteiger partial charge on any atom is 0.410 e. The monoisotopic (exact) mass is 746 g/mol. The van der Waals surface area contributed by atoms with E-state index in [4.69, 9.17) is 16.3 Å². The summed E-state index contributed by atoms with van der Waals surface area (Å²) >= 11 is 6.15. The molecule has 2 aliphatic carbocycles. The number of halogens is 1. The number of allylic oxidation sites excluding steroid dienone is 1. The molecule has 16 heteroatoms. The highest BCUT2D eigenvalue weighted by Gasteiger charge is 2.62. The standard InChI is InChI=1S/C35H47ClN6O8S/c1-34(2,3)39-32(46)37-27-10-8-6-4-5-7-9-23-17-35(23,31(45)40-51(48,49)26-13-14-26)38-29(43)28-16-25(20-42(28)30(27)44)50-33(47)41-18-21-11-12-24(36)15-22(21)19-41/h7,9,11-12,15,23,25-28H,4-6,8,10,13-14,16-20H2,1-3H3,(H,38,43)(H,40,45)(H2,37,39,46)/t23-,25-,27+,28+,35-/m1/s1. The summed E-state index contributed by atoms with van der Waals surface area (Å²) in [6.07, 6.45) is 6.52. The number of urea groups is 1. The van der Waals surface area contributed by atoms with Crippen molar-refractivity contribution in [3.63, 3.8) is 0 Å². The minimum absolute atomic E-state index is 0.0601. The maximum absolute atomic E-state index is 14.3. The molecule has 0 aromatic heterocycles. The fraction of sp³-hybridized carbons (Fsp3) is 0.629. The van der Waals surface area contributed by atoms with Crippen molar-refractivity contribution in [3.05, 3.63) is 46.5 Å². The molecule has 1 aromatic carbocycles. The summed E-state index contributed by atoms with van der Waals surface area (Å²) in [6, 6.07) is 2.72. The smallest absolute Gasteiger partial charge is 0.410 e. The largest absolute Gasteiger partial charge is 0.444 e. The van der Waals surface area contributed by atoms with Gasteiger partial charge in [0, 0.05) is 36.0 Å². The summed E-state index contributed by atoms with van der Waals surface area (Å²) < 4.78 is 33.6. The molecule has 6 rings (SSSR count). The zero-order chi connectivity index (χ0) is 36.7. The number of nitrogens with zero attached hydrogens (tertiary/aromatic N) is 2. The van der Waals surface area contributed by atoms with Crippen LogP contribution in [0.2, 0.25) is 5.02 Å². The molecule has 5 aliphatic rings. The van der Waals surface area contributed by atoms with Gasteiger partial charge in [-0.05, 0) is 82.6 Å². The summed E-state index contributed by atoms with van der Waals surface area (Å²) in [5, 5.41) is 8.36. The zero-order valence-electron chi connectivity index (χ0n) is 29.2. The van der Waals surface area contributed by atoms with Gasteiger partial charge in [-0.25, -0.2) is 18.0 Å². The summed E-state index contributed by atoms with van der Waals surface area (Å²) in [6.45, 7) is 5.94. The molecular weight excluding hydrogens is 700 g/mol. The molecule has 3 heterocycles. The molecule has 5 atom stereocenters. The van der Waals surface area contributed by atoms with Gasteiger partial charge in [-0.15, -0.1) is 0 Å². The molecule has 1 aromatic rings. The van der Waals surface area contributed by atoms with E-state index in [1.807, 2.05) is 39.0 Å². The minimum Gasteiger partial charge on any atom is -0.444 e. The lowest BCUT2D eigenvalue weighted by Gasteiger charge is -2.30. The van der Waals surface area contributed by atoms with Gasteiger partial charge in [0.2, 0.25) is 21.8 Å². The molecule has 278 valence electrons. The van der Waals surface area contributed by atoms with Crippen LogP contribution in [0.5, 0.6) is 0 Å². The first-order chi connectivity index (χ1) is 24.0. The van der Waals surface area contributed by atoms with Gasteiger partial charge >= 0.3 is 12.1 Å². The van der Waals surface area contributed by atoms with Crippen molar-refractivity contribution in [2.24, 2.45) is 5.92 Å². The number of nitrogens with one attached hydrogen (secondary N) is 4. The Morgan fingerprint density at radius 2 is 1.78 bits per heavy atom. The summed E-state index contributed by atoms with van der Waals surface area (Å²) in [7, 11) is -3.90. The van der Waals surface area contributed by atoms with Crippen LogP contribution >= 0.6 is 11.6 Å². The lowest BCUT2D eigenvalue weighted by atomic mass is 10.0. The van der Waals surface area contributed by atoms with Gasteiger partial charge < -0.3 is 25.6 Å². The van der Waals surface area contributed by atoms with Crippen LogP contribution in [0.15, 0.2) is 30.4 Å². The van der Waals surface area contributed by atoms with Crippen molar-refractivity contribution < 1.29 is 37.1 Å². The van der Waals surface area contributed by atoms with Gasteiger partial charge in [0.1, 0.15) is 23.7 Å². The highest BCUT2D eigenvalue weighted by molar-refractivity contribution is 7.91. The average molecular weight is 747 g/mol. The van der Waals surface area contributed by atoms with Crippen molar-refractivity contribution in [1.82, 2.24) is 30.5 Å². The first-order valence-corrected chi connectivity index (χ1v) is 19.6. The number of amides is 6. The third-order valence-electron chi connectivity index (χ3n) is 10.1. The van der Waals surface area contributed by atoms with E-state index in [2.05, 4.69) is 20.7 Å². The Morgan fingerprint density at radius 1 is 1.04 bits per heavy atom. The molecule has 14 nitrogen and oxygen atoms in total. The van der Waals surface area contributed by atoms with Crippen LogP contribution in [0.4, 0.5) is 9.59 Å². The fourth-order valence-electron chi connectivity index (χ4n) is 7.09. The van der Waals surface area contributed by atoms with Gasteiger partial charge in [-0.2, -0.15) is 0 Å². The number of carbonyl (C=O) groups excluding carboxylic acids is 5. The lowest BCUT2D eigenvalue weighted by molar-refractivity contribution is -0.141. The van der Waals surface area contributed by atoms with E-state index in [0.717, 1.165) is 24.0 Å². The van der Waals surface area contributed by atoms with Crippen molar-refractivity contribution >= 4 is 51.5 Å². The van der Waals surface area contributed by atoms with E-state index in [1.54, 1.807) is 12.1 Å². The van der Waals surface area contributed by atoms with Crippen LogP contribution in [0.3, 0.4) is 0 Å². The maximum atomic E-state index is 14.3. The van der Waals surface area contributed by atoms with Gasteiger partial charge in [-0.1, -0.05) is 42.7 Å². The highest BCUT2D eigenvalue weighted by atomic mass is 35.5. The van der Waals surface area contributed by atoms with E-state index in [-0.39, 0.29) is 19.4 Å². The molecule has 0 spiro atoms. The third kappa shape index (κ3) is 8.62. The van der Waals surface area contributed by atoms with Crippen LogP contribution in [-0.4, -0.2) is 89.1 Å². The van der Waals surface area contributed by atoms with Gasteiger partial charge in [0.05, 0.1) is 11.8 Å². The number of sulfonamides is 1. The van der Waals surface area contributed by atoms with Crippen molar-refractivity contribution in [1.29, 1.82) is 0 Å². The predicted molar refractivity (Wildman–Crippen MR) is 188 cm³/mol. The Balaban J connectivity index is 1.25. The molecule has 6 amide bonds. The number of ether oxygens (including phenoxy) is 1. The van der Waals surface area contributed by atoms with Crippen LogP contribution < -0.4 is 20.7 Å². The molecule has 0 bridgehead atoms. The van der Waals surface area contributed by atoms with Crippen molar-refractivity contribution in [2.45, 2.75) is 126 Å². The normalized spacial score (nSPS) is 28.3. The second-order valence-electron chi connectivity index (χ2n) is 15.4. The van der Waals surface area contributed by atoms with Crippen LogP contribution in [0, 0.1) is 5.92 Å². The number of hydrogen-bond donors (Lipinski definition) is 4. The summed E-state index contributed by atoms with van der Waals surface area (Å²) in [4.78, 5) is 71.3. The van der Waals surface area contributed by atoms with Crippen LogP contribution in [-0.2, 0) is 42.2 Å². The van der Waals surface area contributed by atoms with E-state index < -0.39 is 80.3 Å². The SMILES string of the molecule is CC(C)(C)NC(=O)N[C@H]1CCCCCC=C[C@@H]2C[C@@]2(C(=O)NS(=O)(=O)C2CC2)NC(=O)[C@@H]2C[C@@H](OC(=O)N3Cc4ccc(Cl)cc4C3)CN2C1=O. The average Bonchev–Trinajstić information content (AvgIpc) is 3.93. The molecular formula is C35H47ClN6O8S. The number of hydrogen-bond acceptors (Lipinski definition) is 8. The van der Waals surface area contributed by atoms with E-state index >= 15 is 0 Å². The molecule has 0 unspecified atom stereocenters. The van der Waals surface area contributed by atoms with Crippen LogP contribution in [0.25, 0.3) is 0 Å². The Hall–Kier alpha value is -3.85. The first-order valence-electron chi connectivity index (χ1n) is 17.7. The molecule has 51 heavy (non-hydrogen) atoms. The van der Waals surface area contributed by atoms with Crippen LogP contribution in [0.1, 0.15) is 89.7 Å². The molecule has 3 fully saturated rings. The van der Waals surface area contributed by atoms with E-state index in [1.165, 1.54) is 9.80 Å². The van der Waals surface area contributed by atoms with E-state index in [9.17, 15) is 32.4 Å². The number of rotatable bonds is 5. The van der Waals surface area contributed by atoms with Gasteiger partial charge in [0.15, 0.2) is 0 Å². The fourth-order valence-corrected chi connectivity index (χ4v) is 8.65. The Kier molecular flexibility index (Phi) is 10.3. The first kappa shape index (κ1) is 36.9. The molecule has 0 radical (unpaired) electrons. The van der Waals surface area contributed by atoms with Gasteiger partial charge in [-0.3, -0.25) is 24.0 Å². The van der Waals surface area contributed by atoms with E-state index in [0.29, 0.717) is 50.2 Å². The third-order valence-corrected chi connectivity index (χ3v) is 12.1. The summed E-state index contributed by atoms with van der Waals surface area (Å²) in [5.74, 6) is -2.45. The predicted octanol–water partition coefficient (Wildman–Crippen LogP) is 3.23. The zero-order valence-corrected chi connectivity index (χ0v) is 30.8. The lowest BCUT2D eigenvalue weighted by Crippen LogP contribution is -2.59. The Labute approximate surface area is 303 Å². The number of carbonyl (C=O) groups is 5. The molecule has 1 saturated heterocycles. The Morgan fingerprint density at radius 3 is 2.51 bits per heavy atom. The topological polar surface area (TPSA) is 183 Å². The quantitative estimate of drug-likeness (QED) is 0.331. The van der Waals surface area contributed by atoms with Gasteiger partial charge in [0.25, 0.3) is 5.91 Å². The molecule has 2 saturated carbocycles. The number of benzene rings is 1. The molecule has 4 N–H and O–H groups in total. The molecule has 3 aliphatic heterocycles. The summed E-state index contributed by atoms with van der Waals surface area (Å²) in [5.41, 5.74) is -0.257. The minimum atomic E-state index is -3.90. The number of fused-ring (bicyclic) bond motifs is 3. The second-order valence-corrected chi connectivity index (χ2v) is 17.8.